The minimum Gasteiger partial charge on any atom is -0.325 e. The molecule has 3 rings (SSSR count). The lowest BCUT2D eigenvalue weighted by atomic mass is 9.81. The van der Waals surface area contributed by atoms with E-state index in [1.807, 2.05) is 6.07 Å². The highest BCUT2D eigenvalue weighted by Crippen LogP contribution is 2.31. The monoisotopic (exact) mass is 374 g/mol. The highest BCUT2D eigenvalue weighted by atomic mass is 35.5. The fraction of sp³-hybridized carbons (Fsp3) is 0.300. The van der Waals surface area contributed by atoms with E-state index in [0.717, 1.165) is 0 Å². The second kappa shape index (κ2) is 8.32. The third kappa shape index (κ3) is 4.41. The van der Waals surface area contributed by atoms with E-state index in [1.165, 1.54) is 12.1 Å². The predicted octanol–water partition coefficient (Wildman–Crippen LogP) is 4.86. The first-order valence-electron chi connectivity index (χ1n) is 8.65. The van der Waals surface area contributed by atoms with Gasteiger partial charge in [0.25, 0.3) is 0 Å². The number of hydrogen-bond acceptors (Lipinski definition) is 2. The Morgan fingerprint density at radius 2 is 1.27 bits per heavy atom. The molecule has 1 saturated carbocycles. The maximum atomic E-state index is 13.6. The lowest BCUT2D eigenvalue weighted by Gasteiger charge is -2.27. The van der Waals surface area contributed by atoms with Crippen molar-refractivity contribution in [2.75, 3.05) is 10.6 Å². The van der Waals surface area contributed by atoms with E-state index >= 15 is 0 Å². The molecule has 0 heterocycles. The van der Waals surface area contributed by atoms with Crippen LogP contribution in [0.1, 0.15) is 25.7 Å². The molecule has 0 aliphatic heterocycles. The van der Waals surface area contributed by atoms with Gasteiger partial charge in [0.1, 0.15) is 5.82 Å². The summed E-state index contributed by atoms with van der Waals surface area (Å²) in [5.41, 5.74) is 0.787. The molecule has 0 unspecified atom stereocenters. The molecule has 2 N–H and O–H groups in total. The molecule has 0 spiro atoms. The van der Waals surface area contributed by atoms with Crippen molar-refractivity contribution in [2.45, 2.75) is 25.7 Å². The largest absolute Gasteiger partial charge is 0.325 e. The quantitative estimate of drug-likeness (QED) is 0.802. The summed E-state index contributed by atoms with van der Waals surface area (Å²) in [6.45, 7) is 0. The Balaban J connectivity index is 1.52. The smallest absolute Gasteiger partial charge is 0.227 e. The summed E-state index contributed by atoms with van der Waals surface area (Å²) in [5.74, 6) is -1.08. The Labute approximate surface area is 156 Å². The van der Waals surface area contributed by atoms with Crippen molar-refractivity contribution in [1.82, 2.24) is 0 Å². The summed E-state index contributed by atoms with van der Waals surface area (Å²) < 4.78 is 13.6. The maximum Gasteiger partial charge on any atom is 0.227 e. The number of hydrogen-bond donors (Lipinski definition) is 2. The average Bonchev–Trinajstić information content (AvgIpc) is 2.65. The molecule has 0 atom stereocenters. The van der Waals surface area contributed by atoms with Crippen LogP contribution < -0.4 is 10.6 Å². The standard InChI is InChI=1S/C20H20ClFN2O2/c21-15-5-1-3-7-17(15)23-19(25)13-9-11-14(12-10-13)20(26)24-18-8-4-2-6-16(18)22/h1-8,13-14H,9-12H2,(H,23,25)(H,24,26). The van der Waals surface area contributed by atoms with Gasteiger partial charge in [0.05, 0.1) is 16.4 Å². The number of benzene rings is 2. The van der Waals surface area contributed by atoms with Crippen LogP contribution in [0.25, 0.3) is 0 Å². The Hall–Kier alpha value is -2.40. The molecule has 6 heteroatoms. The minimum atomic E-state index is -0.450. The van der Waals surface area contributed by atoms with Gasteiger partial charge in [0.2, 0.25) is 11.8 Å². The van der Waals surface area contributed by atoms with Crippen LogP contribution in [0.5, 0.6) is 0 Å². The van der Waals surface area contributed by atoms with E-state index in [-0.39, 0.29) is 29.3 Å². The first kappa shape index (κ1) is 18.4. The lowest BCUT2D eigenvalue weighted by molar-refractivity contribution is -0.125. The number of para-hydroxylation sites is 2. The van der Waals surface area contributed by atoms with Gasteiger partial charge in [0.15, 0.2) is 0 Å². The molecule has 2 amide bonds. The highest BCUT2D eigenvalue weighted by molar-refractivity contribution is 6.33. The zero-order chi connectivity index (χ0) is 18.5. The van der Waals surface area contributed by atoms with E-state index in [1.54, 1.807) is 30.3 Å². The van der Waals surface area contributed by atoms with Crippen molar-refractivity contribution < 1.29 is 14.0 Å². The van der Waals surface area contributed by atoms with Gasteiger partial charge in [-0.15, -0.1) is 0 Å². The van der Waals surface area contributed by atoms with Crippen LogP contribution >= 0.6 is 11.6 Å². The van der Waals surface area contributed by atoms with E-state index in [2.05, 4.69) is 10.6 Å². The van der Waals surface area contributed by atoms with Crippen LogP contribution in [-0.2, 0) is 9.59 Å². The second-order valence-corrected chi connectivity index (χ2v) is 6.89. The second-order valence-electron chi connectivity index (χ2n) is 6.49. The fourth-order valence-corrected chi connectivity index (χ4v) is 3.40. The summed E-state index contributed by atoms with van der Waals surface area (Å²) in [6.07, 6.45) is 2.43. The third-order valence-corrected chi connectivity index (χ3v) is 5.06. The van der Waals surface area contributed by atoms with Crippen molar-refractivity contribution in [1.29, 1.82) is 0 Å². The van der Waals surface area contributed by atoms with Crippen LogP contribution in [0.2, 0.25) is 5.02 Å². The molecule has 4 nitrogen and oxygen atoms in total. The Bertz CT molecular complexity index is 736. The van der Waals surface area contributed by atoms with Crippen LogP contribution in [0, 0.1) is 17.7 Å². The summed E-state index contributed by atoms with van der Waals surface area (Å²) in [5, 5.41) is 5.99. The normalized spacial score (nSPS) is 19.6. The summed E-state index contributed by atoms with van der Waals surface area (Å²) in [4.78, 5) is 24.7. The Morgan fingerprint density at radius 1 is 0.808 bits per heavy atom. The molecule has 26 heavy (non-hydrogen) atoms. The van der Waals surface area contributed by atoms with E-state index < -0.39 is 5.82 Å². The molecule has 2 aromatic carbocycles. The van der Waals surface area contributed by atoms with Gasteiger partial charge in [-0.25, -0.2) is 4.39 Å². The van der Waals surface area contributed by atoms with Gasteiger partial charge in [-0.3, -0.25) is 9.59 Å². The van der Waals surface area contributed by atoms with E-state index in [0.29, 0.717) is 36.4 Å². The summed E-state index contributed by atoms with van der Waals surface area (Å²) in [6, 6.07) is 13.2. The first-order chi connectivity index (χ1) is 12.5. The van der Waals surface area contributed by atoms with Crippen LogP contribution in [-0.4, -0.2) is 11.8 Å². The zero-order valence-corrected chi connectivity index (χ0v) is 14.9. The van der Waals surface area contributed by atoms with Crippen LogP contribution in [0.3, 0.4) is 0 Å². The van der Waals surface area contributed by atoms with Crippen molar-refractivity contribution in [3.05, 3.63) is 59.4 Å². The molecule has 2 aromatic rings. The third-order valence-electron chi connectivity index (χ3n) is 4.73. The van der Waals surface area contributed by atoms with Gasteiger partial charge in [-0.05, 0) is 49.9 Å². The molecule has 1 aliphatic rings. The van der Waals surface area contributed by atoms with Gasteiger partial charge in [-0.1, -0.05) is 35.9 Å². The zero-order valence-electron chi connectivity index (χ0n) is 14.2. The molecule has 136 valence electrons. The van der Waals surface area contributed by atoms with E-state index in [4.69, 9.17) is 11.6 Å². The number of halogens is 2. The summed E-state index contributed by atoms with van der Waals surface area (Å²) >= 11 is 6.06. The molecular formula is C20H20ClFN2O2. The number of anilines is 2. The van der Waals surface area contributed by atoms with Crippen molar-refractivity contribution in [3.8, 4) is 0 Å². The van der Waals surface area contributed by atoms with Crippen LogP contribution in [0.15, 0.2) is 48.5 Å². The molecule has 0 radical (unpaired) electrons. The SMILES string of the molecule is O=C(Nc1ccccc1F)C1CCC(C(=O)Nc2ccccc2Cl)CC1. The number of carbonyl (C=O) groups excluding carboxylic acids is 2. The van der Waals surface area contributed by atoms with Gasteiger partial charge < -0.3 is 10.6 Å². The number of carbonyl (C=O) groups is 2. The molecule has 0 saturated heterocycles. The lowest BCUT2D eigenvalue weighted by Crippen LogP contribution is -2.32. The van der Waals surface area contributed by atoms with Gasteiger partial charge in [-0.2, -0.15) is 0 Å². The summed E-state index contributed by atoms with van der Waals surface area (Å²) in [7, 11) is 0. The number of rotatable bonds is 4. The van der Waals surface area contributed by atoms with Gasteiger partial charge >= 0.3 is 0 Å². The Kier molecular flexibility index (Phi) is 5.89. The Morgan fingerprint density at radius 3 is 1.81 bits per heavy atom. The topological polar surface area (TPSA) is 58.2 Å². The van der Waals surface area contributed by atoms with Gasteiger partial charge in [0, 0.05) is 11.8 Å². The van der Waals surface area contributed by atoms with Crippen LogP contribution in [0.4, 0.5) is 15.8 Å². The molecule has 1 fully saturated rings. The van der Waals surface area contributed by atoms with Crippen molar-refractivity contribution in [2.24, 2.45) is 11.8 Å². The van der Waals surface area contributed by atoms with Crippen molar-refractivity contribution in [3.63, 3.8) is 0 Å². The number of nitrogens with one attached hydrogen (secondary N) is 2. The maximum absolute atomic E-state index is 13.6. The predicted molar refractivity (Wildman–Crippen MR) is 101 cm³/mol. The number of amides is 2. The molecule has 0 aromatic heterocycles. The molecule has 1 aliphatic carbocycles. The fourth-order valence-electron chi connectivity index (χ4n) is 3.21. The van der Waals surface area contributed by atoms with Crippen molar-refractivity contribution >= 4 is 34.8 Å². The average molecular weight is 375 g/mol. The minimum absolute atomic E-state index is 0.0777. The first-order valence-corrected chi connectivity index (χ1v) is 9.03. The van der Waals surface area contributed by atoms with E-state index in [9.17, 15) is 14.0 Å². The molecular weight excluding hydrogens is 355 g/mol. The molecule has 0 bridgehead atoms. The highest BCUT2D eigenvalue weighted by Gasteiger charge is 2.30.